The van der Waals surface area contributed by atoms with Crippen LogP contribution in [0.3, 0.4) is 0 Å². The third kappa shape index (κ3) is 9.36. The fourth-order valence-electron chi connectivity index (χ4n) is 4.86. The molecule has 0 N–H and O–H groups in total. The molecule has 2 aliphatic carbocycles. The topological polar surface area (TPSA) is 38.8 Å². The molecule has 0 aromatic carbocycles. The molecule has 0 spiro atoms. The van der Waals surface area contributed by atoms with Crippen LogP contribution in [0.25, 0.3) is 0 Å². The molecule has 0 amide bonds. The van der Waals surface area contributed by atoms with Crippen molar-refractivity contribution < 1.29 is 31.8 Å². The lowest BCUT2D eigenvalue weighted by Gasteiger charge is -2.41. The van der Waals surface area contributed by atoms with Gasteiger partial charge in [-0.15, -0.1) is 0 Å². The summed E-state index contributed by atoms with van der Waals surface area (Å²) >= 11 is 0.961. The van der Waals surface area contributed by atoms with Crippen molar-refractivity contribution in [2.45, 2.75) is 113 Å². The van der Waals surface area contributed by atoms with Crippen molar-refractivity contribution in [2.24, 2.45) is 11.8 Å². The molecule has 0 bridgehead atoms. The van der Waals surface area contributed by atoms with Gasteiger partial charge < -0.3 is 9.47 Å². The van der Waals surface area contributed by atoms with E-state index in [2.05, 4.69) is 0 Å². The predicted molar refractivity (Wildman–Crippen MR) is 132 cm³/mol. The third-order valence-electron chi connectivity index (χ3n) is 6.74. The second-order valence-corrected chi connectivity index (χ2v) is 12.7. The lowest BCUT2D eigenvalue weighted by Crippen LogP contribution is -2.41. The molecule has 2 saturated carbocycles. The van der Waals surface area contributed by atoms with Crippen LogP contribution < -0.4 is 0 Å². The zero-order chi connectivity index (χ0) is 25.5. The molecule has 34 heavy (non-hydrogen) atoms. The number of thioether (sulfide) groups is 1. The van der Waals surface area contributed by atoms with Crippen LogP contribution in [0.5, 0.6) is 0 Å². The van der Waals surface area contributed by atoms with Crippen LogP contribution in [-0.2, 0) is 14.3 Å². The summed E-state index contributed by atoms with van der Waals surface area (Å²) < 4.78 is 67.4. The quantitative estimate of drug-likeness (QED) is 0.171. The van der Waals surface area contributed by atoms with Crippen LogP contribution in [0, 0.1) is 11.8 Å². The third-order valence-corrected chi connectivity index (χ3v) is 9.15. The van der Waals surface area contributed by atoms with Crippen molar-refractivity contribution in [1.29, 1.82) is 0 Å². The van der Waals surface area contributed by atoms with Crippen LogP contribution in [0.1, 0.15) is 79.1 Å². The largest absolute Gasteiger partial charge is 0.457 e. The molecule has 0 radical (unpaired) electrons. The van der Waals surface area contributed by atoms with E-state index in [9.17, 15) is 22.4 Å². The summed E-state index contributed by atoms with van der Waals surface area (Å²) in [7, 11) is 1.62. The van der Waals surface area contributed by atoms with Gasteiger partial charge in [-0.25, -0.2) is 13.1 Å². The van der Waals surface area contributed by atoms with Gasteiger partial charge in [0.05, 0.1) is 6.10 Å². The number of ether oxygens (including phenoxy) is 2. The Bertz CT molecular complexity index is 635. The van der Waals surface area contributed by atoms with E-state index in [0.29, 0.717) is 61.5 Å². The molecule has 5 atom stereocenters. The molecular formula is C24H41F4NO3S2. The summed E-state index contributed by atoms with van der Waals surface area (Å²) in [6.07, 6.45) is 5.23. The van der Waals surface area contributed by atoms with Gasteiger partial charge in [-0.3, -0.25) is 4.79 Å². The van der Waals surface area contributed by atoms with E-state index in [1.54, 1.807) is 11.4 Å². The van der Waals surface area contributed by atoms with E-state index in [1.807, 2.05) is 20.8 Å². The Labute approximate surface area is 210 Å². The standard InChI is InChI=1S/C15H23F4NS2.C9H18O3/c16-13(15(18,19)21-12-5-6-12)14(17)22-20-8-7-10-3-1-2-4-11(10)9-20;1-6-8(11-5)9(3,4)12-7(2)10/h10-14H,1-9H2;8H,6H2,1-5H3. The molecule has 0 aromatic heterocycles. The number of hydrogen-bond acceptors (Lipinski definition) is 6. The van der Waals surface area contributed by atoms with E-state index in [-0.39, 0.29) is 17.3 Å². The average Bonchev–Trinajstić information content (AvgIpc) is 3.56. The second kappa shape index (κ2) is 13.4. The van der Waals surface area contributed by atoms with Crippen LogP contribution in [0.2, 0.25) is 0 Å². The van der Waals surface area contributed by atoms with Crippen molar-refractivity contribution in [2.75, 3.05) is 20.2 Å². The van der Waals surface area contributed by atoms with E-state index >= 15 is 0 Å². The number of piperidine rings is 1. The van der Waals surface area contributed by atoms with Gasteiger partial charge >= 0.3 is 11.2 Å². The molecule has 4 nitrogen and oxygen atoms in total. The normalized spacial score (nSPS) is 26.5. The molecule has 0 aromatic rings. The van der Waals surface area contributed by atoms with Gasteiger partial charge in [0.1, 0.15) is 5.60 Å². The van der Waals surface area contributed by atoms with Gasteiger partial charge in [-0.05, 0) is 69.7 Å². The summed E-state index contributed by atoms with van der Waals surface area (Å²) in [4.78, 5) is 10.7. The van der Waals surface area contributed by atoms with Crippen molar-refractivity contribution in [3.8, 4) is 0 Å². The maximum atomic E-state index is 14.0. The molecular weight excluding hydrogens is 490 g/mol. The number of hydrogen-bond donors (Lipinski definition) is 0. The molecule has 1 saturated heterocycles. The smallest absolute Gasteiger partial charge is 0.328 e. The molecule has 5 unspecified atom stereocenters. The number of esters is 1. The molecule has 3 rings (SSSR count). The van der Waals surface area contributed by atoms with Gasteiger partial charge in [0.15, 0.2) is 5.50 Å². The van der Waals surface area contributed by atoms with Crippen molar-refractivity contribution in [3.05, 3.63) is 0 Å². The summed E-state index contributed by atoms with van der Waals surface area (Å²) in [5.41, 5.74) is -2.71. The molecule has 1 heterocycles. The minimum atomic E-state index is -3.61. The Morgan fingerprint density at radius 1 is 1.09 bits per heavy atom. The molecule has 3 aliphatic rings. The Morgan fingerprint density at radius 3 is 2.24 bits per heavy atom. The highest BCUT2D eigenvalue weighted by Crippen LogP contribution is 2.49. The molecule has 3 fully saturated rings. The fourth-order valence-corrected chi connectivity index (χ4v) is 7.07. The minimum Gasteiger partial charge on any atom is -0.457 e. The Morgan fingerprint density at radius 2 is 1.71 bits per heavy atom. The second-order valence-electron chi connectivity index (χ2n) is 10.0. The van der Waals surface area contributed by atoms with E-state index in [4.69, 9.17) is 9.47 Å². The van der Waals surface area contributed by atoms with Gasteiger partial charge in [-0.2, -0.15) is 8.78 Å². The van der Waals surface area contributed by atoms with Gasteiger partial charge in [0.25, 0.3) is 0 Å². The number of fused-ring (bicyclic) bond motifs is 1. The number of rotatable bonds is 10. The van der Waals surface area contributed by atoms with Crippen LogP contribution in [-0.4, -0.2) is 64.4 Å². The minimum absolute atomic E-state index is 0.0404. The van der Waals surface area contributed by atoms with E-state index < -0.39 is 22.5 Å². The Hall–Kier alpha value is -0.190. The number of alkyl halides is 4. The lowest BCUT2D eigenvalue weighted by atomic mass is 9.76. The van der Waals surface area contributed by atoms with E-state index in [1.165, 1.54) is 26.2 Å². The van der Waals surface area contributed by atoms with Crippen molar-refractivity contribution in [1.82, 2.24) is 4.31 Å². The monoisotopic (exact) mass is 531 g/mol. The molecule has 10 heteroatoms. The highest BCUT2D eigenvalue weighted by atomic mass is 32.2. The first kappa shape index (κ1) is 30.0. The lowest BCUT2D eigenvalue weighted by molar-refractivity contribution is -0.167. The van der Waals surface area contributed by atoms with Crippen LogP contribution in [0.15, 0.2) is 0 Å². The number of methoxy groups -OCH3 is 1. The van der Waals surface area contributed by atoms with Gasteiger partial charge in [0.2, 0.25) is 6.17 Å². The number of carbonyl (C=O) groups excluding carboxylic acids is 1. The van der Waals surface area contributed by atoms with Crippen LogP contribution >= 0.6 is 23.7 Å². The number of carbonyl (C=O) groups is 1. The van der Waals surface area contributed by atoms with Crippen molar-refractivity contribution >= 4 is 29.7 Å². The SMILES string of the molecule is CCC(OC)C(C)(C)OC(C)=O.FC(SN1CCC2CCCCC2C1)C(F)C(F)(F)SC1CC1. The zero-order valence-electron chi connectivity index (χ0n) is 21.0. The average molecular weight is 532 g/mol. The van der Waals surface area contributed by atoms with Crippen LogP contribution in [0.4, 0.5) is 17.6 Å². The first-order chi connectivity index (χ1) is 15.9. The molecule has 200 valence electrons. The first-order valence-corrected chi connectivity index (χ1v) is 14.1. The Balaban J connectivity index is 0.000000292. The fraction of sp³-hybridized carbons (Fsp3) is 0.958. The summed E-state index contributed by atoms with van der Waals surface area (Å²) in [5.74, 6) is 0.953. The number of nitrogens with zero attached hydrogens (tertiary/aromatic N) is 1. The van der Waals surface area contributed by atoms with Crippen molar-refractivity contribution in [3.63, 3.8) is 0 Å². The van der Waals surface area contributed by atoms with Gasteiger partial charge in [-0.1, -0.05) is 37.9 Å². The summed E-state index contributed by atoms with van der Waals surface area (Å²) in [6, 6.07) is 0. The summed E-state index contributed by atoms with van der Waals surface area (Å²) in [6.45, 7) is 8.51. The number of halogens is 4. The highest BCUT2D eigenvalue weighted by Gasteiger charge is 2.50. The Kier molecular flexibility index (Phi) is 11.8. The highest BCUT2D eigenvalue weighted by molar-refractivity contribution is 8.01. The maximum Gasteiger partial charge on any atom is 0.328 e. The van der Waals surface area contributed by atoms with E-state index in [0.717, 1.165) is 19.3 Å². The van der Waals surface area contributed by atoms with Gasteiger partial charge in [0, 0.05) is 32.4 Å². The maximum absolute atomic E-state index is 14.0. The predicted octanol–water partition coefficient (Wildman–Crippen LogP) is 7.02. The zero-order valence-corrected chi connectivity index (χ0v) is 22.7. The first-order valence-electron chi connectivity index (χ1n) is 12.4. The molecule has 1 aliphatic heterocycles. The summed E-state index contributed by atoms with van der Waals surface area (Å²) in [5, 5.41) is -3.81.